The zero-order valence-electron chi connectivity index (χ0n) is 10.7. The quantitative estimate of drug-likeness (QED) is 0.676. The molecule has 0 saturated carbocycles. The largest absolute Gasteiger partial charge is 0.395 e. The van der Waals surface area contributed by atoms with Gasteiger partial charge in [0, 0.05) is 18.2 Å². The molecule has 0 aromatic carbocycles. The van der Waals surface area contributed by atoms with Crippen LogP contribution in [-0.4, -0.2) is 30.1 Å². The highest BCUT2D eigenvalue weighted by molar-refractivity contribution is 7.12. The first kappa shape index (κ1) is 15.2. The molecule has 0 saturated heterocycles. The van der Waals surface area contributed by atoms with Gasteiger partial charge in [-0.1, -0.05) is 11.8 Å². The highest BCUT2D eigenvalue weighted by atomic mass is 32.1. The van der Waals surface area contributed by atoms with Crippen molar-refractivity contribution in [2.24, 2.45) is 0 Å². The van der Waals surface area contributed by atoms with Gasteiger partial charge in [-0.3, -0.25) is 9.59 Å². The first-order valence-electron chi connectivity index (χ1n) is 5.81. The Hall–Kier alpha value is -1.84. The molecule has 0 aliphatic heterocycles. The predicted molar refractivity (Wildman–Crippen MR) is 73.4 cm³/mol. The van der Waals surface area contributed by atoms with Crippen molar-refractivity contribution >= 4 is 23.2 Å². The van der Waals surface area contributed by atoms with Crippen molar-refractivity contribution in [1.29, 1.82) is 0 Å². The number of hydrogen-bond donors (Lipinski definition) is 3. The van der Waals surface area contributed by atoms with E-state index in [0.29, 0.717) is 13.0 Å². The van der Waals surface area contributed by atoms with Gasteiger partial charge in [0.1, 0.15) is 0 Å². The molecule has 102 valence electrons. The summed E-state index contributed by atoms with van der Waals surface area (Å²) in [7, 11) is 0. The summed E-state index contributed by atoms with van der Waals surface area (Å²) < 4.78 is 0. The number of nitrogens with one attached hydrogen (secondary N) is 2. The van der Waals surface area contributed by atoms with Crippen LogP contribution in [-0.2, 0) is 16.1 Å². The van der Waals surface area contributed by atoms with Crippen LogP contribution in [0, 0.1) is 11.8 Å². The van der Waals surface area contributed by atoms with Crippen LogP contribution >= 0.6 is 11.3 Å². The van der Waals surface area contributed by atoms with Gasteiger partial charge in [0.2, 0.25) is 11.8 Å². The lowest BCUT2D eigenvalue weighted by Crippen LogP contribution is -2.35. The SMILES string of the molecule is CC(=O)NCC(=O)NCc1ccc(C#CCCO)s1. The van der Waals surface area contributed by atoms with Crippen molar-refractivity contribution in [3.05, 3.63) is 21.9 Å². The monoisotopic (exact) mass is 280 g/mol. The summed E-state index contributed by atoms with van der Waals surface area (Å²) in [5.74, 6) is 5.32. The number of thiophene rings is 1. The molecule has 0 bridgehead atoms. The zero-order valence-corrected chi connectivity index (χ0v) is 11.5. The number of aliphatic hydroxyl groups is 1. The predicted octanol–water partition coefficient (Wildman–Crippen LogP) is 0.234. The van der Waals surface area contributed by atoms with E-state index < -0.39 is 0 Å². The molecule has 0 spiro atoms. The van der Waals surface area contributed by atoms with Gasteiger partial charge in [-0.25, -0.2) is 0 Å². The second-order valence-electron chi connectivity index (χ2n) is 3.73. The summed E-state index contributed by atoms with van der Waals surface area (Å²) in [6.07, 6.45) is 0.459. The van der Waals surface area contributed by atoms with Gasteiger partial charge in [-0.15, -0.1) is 11.3 Å². The molecule has 1 aromatic rings. The molecule has 0 unspecified atom stereocenters. The molecule has 1 aromatic heterocycles. The molecule has 1 heterocycles. The summed E-state index contributed by atoms with van der Waals surface area (Å²) >= 11 is 1.49. The number of hydrogen-bond acceptors (Lipinski definition) is 4. The van der Waals surface area contributed by atoms with Gasteiger partial charge in [0.15, 0.2) is 0 Å². The van der Waals surface area contributed by atoms with Gasteiger partial charge < -0.3 is 15.7 Å². The van der Waals surface area contributed by atoms with Crippen LogP contribution in [0.2, 0.25) is 0 Å². The third-order valence-electron chi connectivity index (χ3n) is 2.07. The average Bonchev–Trinajstić information content (AvgIpc) is 2.82. The number of amides is 2. The molecule has 0 atom stereocenters. The molecule has 0 aliphatic rings. The molecular formula is C13H16N2O3S. The highest BCUT2D eigenvalue weighted by Gasteiger charge is 2.03. The van der Waals surface area contributed by atoms with Crippen molar-refractivity contribution in [3.63, 3.8) is 0 Å². The van der Waals surface area contributed by atoms with Crippen LogP contribution < -0.4 is 10.6 Å². The first-order valence-corrected chi connectivity index (χ1v) is 6.63. The minimum absolute atomic E-state index is 0.0100. The van der Waals surface area contributed by atoms with Crippen molar-refractivity contribution in [2.75, 3.05) is 13.2 Å². The maximum Gasteiger partial charge on any atom is 0.239 e. The van der Waals surface area contributed by atoms with Gasteiger partial charge in [-0.2, -0.15) is 0 Å². The van der Waals surface area contributed by atoms with Crippen molar-refractivity contribution in [3.8, 4) is 11.8 Å². The molecule has 3 N–H and O–H groups in total. The van der Waals surface area contributed by atoms with Crippen LogP contribution in [0.25, 0.3) is 0 Å². The zero-order chi connectivity index (χ0) is 14.1. The normalized spacial score (nSPS) is 9.37. The lowest BCUT2D eigenvalue weighted by Gasteiger charge is -2.03. The third-order valence-corrected chi connectivity index (χ3v) is 3.07. The van der Waals surface area contributed by atoms with Crippen LogP contribution in [0.1, 0.15) is 23.1 Å². The van der Waals surface area contributed by atoms with Gasteiger partial charge in [0.25, 0.3) is 0 Å². The second kappa shape index (κ2) is 8.29. The first-order chi connectivity index (χ1) is 9.11. The molecule has 0 radical (unpaired) electrons. The van der Waals surface area contributed by atoms with E-state index in [9.17, 15) is 9.59 Å². The lowest BCUT2D eigenvalue weighted by molar-refractivity contribution is -0.125. The van der Waals surface area contributed by atoms with Gasteiger partial charge >= 0.3 is 0 Å². The van der Waals surface area contributed by atoms with E-state index in [1.54, 1.807) is 0 Å². The van der Waals surface area contributed by atoms with E-state index in [4.69, 9.17) is 5.11 Å². The maximum absolute atomic E-state index is 11.4. The fraction of sp³-hybridized carbons (Fsp3) is 0.385. The Morgan fingerprint density at radius 1 is 1.37 bits per heavy atom. The van der Waals surface area contributed by atoms with E-state index in [1.807, 2.05) is 12.1 Å². The minimum Gasteiger partial charge on any atom is -0.395 e. The summed E-state index contributed by atoms with van der Waals surface area (Å²) in [5, 5.41) is 13.7. The van der Waals surface area contributed by atoms with Gasteiger partial charge in [-0.05, 0) is 12.1 Å². The standard InChI is InChI=1S/C13H16N2O3S/c1-10(17)14-9-13(18)15-8-12-6-5-11(19-12)4-2-3-7-16/h5-6,16H,3,7-9H2,1H3,(H,14,17)(H,15,18). The Morgan fingerprint density at radius 2 is 2.16 bits per heavy atom. The third kappa shape index (κ3) is 6.60. The van der Waals surface area contributed by atoms with E-state index in [-0.39, 0.29) is 25.0 Å². The second-order valence-corrected chi connectivity index (χ2v) is 4.90. The highest BCUT2D eigenvalue weighted by Crippen LogP contribution is 2.14. The minimum atomic E-state index is -0.229. The van der Waals surface area contributed by atoms with E-state index >= 15 is 0 Å². The van der Waals surface area contributed by atoms with Gasteiger partial charge in [0.05, 0.1) is 24.6 Å². The molecule has 19 heavy (non-hydrogen) atoms. The van der Waals surface area contributed by atoms with E-state index in [2.05, 4.69) is 22.5 Å². The fourth-order valence-corrected chi connectivity index (χ4v) is 2.02. The van der Waals surface area contributed by atoms with E-state index in [1.165, 1.54) is 18.3 Å². The summed E-state index contributed by atoms with van der Waals surface area (Å²) in [6, 6.07) is 3.77. The van der Waals surface area contributed by atoms with Crippen LogP contribution in [0.4, 0.5) is 0 Å². The Morgan fingerprint density at radius 3 is 2.84 bits per heavy atom. The molecule has 1 rings (SSSR count). The number of aliphatic hydroxyl groups excluding tert-OH is 1. The summed E-state index contributed by atoms with van der Waals surface area (Å²) in [5.41, 5.74) is 0. The lowest BCUT2D eigenvalue weighted by atomic mass is 10.4. The Balaban J connectivity index is 2.36. The van der Waals surface area contributed by atoms with Crippen LogP contribution in [0.5, 0.6) is 0 Å². The van der Waals surface area contributed by atoms with Crippen molar-refractivity contribution < 1.29 is 14.7 Å². The van der Waals surface area contributed by atoms with Crippen LogP contribution in [0.15, 0.2) is 12.1 Å². The smallest absolute Gasteiger partial charge is 0.239 e. The summed E-state index contributed by atoms with van der Waals surface area (Å²) in [6.45, 7) is 1.84. The Kier molecular flexibility index (Phi) is 6.64. The Labute approximate surface area is 116 Å². The fourth-order valence-electron chi connectivity index (χ4n) is 1.20. The van der Waals surface area contributed by atoms with E-state index in [0.717, 1.165) is 9.75 Å². The molecule has 6 heteroatoms. The Bertz CT molecular complexity index is 499. The average molecular weight is 280 g/mol. The molecule has 5 nitrogen and oxygen atoms in total. The molecular weight excluding hydrogens is 264 g/mol. The number of carbonyl (C=O) groups excluding carboxylic acids is 2. The van der Waals surface area contributed by atoms with Crippen LogP contribution in [0.3, 0.4) is 0 Å². The topological polar surface area (TPSA) is 78.4 Å². The molecule has 2 amide bonds. The maximum atomic E-state index is 11.4. The molecule has 0 fully saturated rings. The number of carbonyl (C=O) groups is 2. The number of rotatable bonds is 5. The van der Waals surface area contributed by atoms with Crippen molar-refractivity contribution in [1.82, 2.24) is 10.6 Å². The van der Waals surface area contributed by atoms with Crippen molar-refractivity contribution in [2.45, 2.75) is 19.9 Å². The summed E-state index contributed by atoms with van der Waals surface area (Å²) in [4.78, 5) is 23.9. The molecule has 0 aliphatic carbocycles.